The van der Waals surface area contributed by atoms with Gasteiger partial charge in [0, 0.05) is 21.2 Å². The number of hydrogen-bond acceptors (Lipinski definition) is 5. The number of hydrogen-bond donors (Lipinski definition) is 0. The molecular formula is C19H33N3O4Si. The molecule has 8 heteroatoms. The van der Waals surface area contributed by atoms with Crippen LogP contribution in [0, 0.1) is 0 Å². The predicted molar refractivity (Wildman–Crippen MR) is 107 cm³/mol. The quantitative estimate of drug-likeness (QED) is 0.395. The van der Waals surface area contributed by atoms with E-state index in [9.17, 15) is 9.59 Å². The van der Waals surface area contributed by atoms with Gasteiger partial charge in [-0.25, -0.2) is 9.78 Å². The predicted octanol–water partition coefficient (Wildman–Crippen LogP) is 4.08. The number of amides is 1. The maximum Gasteiger partial charge on any atom is 0.410 e. The Kier molecular flexibility index (Phi) is 6.86. The highest BCUT2D eigenvalue weighted by Gasteiger charge is 2.36. The molecule has 0 bridgehead atoms. The van der Waals surface area contributed by atoms with Gasteiger partial charge in [0.1, 0.15) is 23.9 Å². The molecule has 152 valence electrons. The molecule has 2 rings (SSSR count). The molecule has 1 amide bonds. The fourth-order valence-corrected chi connectivity index (χ4v) is 3.77. The number of carbonyl (C=O) groups excluding carboxylic acids is 2. The van der Waals surface area contributed by atoms with Gasteiger partial charge in [0.15, 0.2) is 6.29 Å². The van der Waals surface area contributed by atoms with E-state index in [0.29, 0.717) is 24.7 Å². The highest BCUT2D eigenvalue weighted by molar-refractivity contribution is 6.76. The van der Waals surface area contributed by atoms with Crippen LogP contribution in [0.3, 0.4) is 0 Å². The van der Waals surface area contributed by atoms with Crippen molar-refractivity contribution in [2.45, 2.75) is 77.7 Å². The first kappa shape index (κ1) is 21.6. The molecule has 1 fully saturated rings. The monoisotopic (exact) mass is 395 g/mol. The van der Waals surface area contributed by atoms with Crippen molar-refractivity contribution in [3.63, 3.8) is 0 Å². The van der Waals surface area contributed by atoms with Crippen molar-refractivity contribution in [3.8, 4) is 0 Å². The third-order valence-electron chi connectivity index (χ3n) is 4.43. The highest BCUT2D eigenvalue weighted by atomic mass is 28.3. The second-order valence-corrected chi connectivity index (χ2v) is 14.9. The van der Waals surface area contributed by atoms with Gasteiger partial charge in [0.05, 0.1) is 12.2 Å². The summed E-state index contributed by atoms with van der Waals surface area (Å²) in [7, 11) is -1.18. The number of carbonyl (C=O) groups is 2. The molecule has 1 saturated heterocycles. The fraction of sp³-hybridized carbons (Fsp3) is 0.737. The summed E-state index contributed by atoms with van der Waals surface area (Å²) < 4.78 is 13.2. The van der Waals surface area contributed by atoms with Crippen LogP contribution < -0.4 is 0 Å². The molecule has 0 aromatic carbocycles. The maximum atomic E-state index is 12.6. The smallest absolute Gasteiger partial charge is 0.410 e. The number of aromatic nitrogens is 2. The Morgan fingerprint density at radius 1 is 1.37 bits per heavy atom. The summed E-state index contributed by atoms with van der Waals surface area (Å²) in [5.41, 5.74) is -0.0814. The zero-order valence-electron chi connectivity index (χ0n) is 17.4. The summed E-state index contributed by atoms with van der Waals surface area (Å²) in [6.45, 7) is 14.0. The fourth-order valence-electron chi connectivity index (χ4n) is 3.01. The van der Waals surface area contributed by atoms with Crippen molar-refractivity contribution in [2.24, 2.45) is 0 Å². The Bertz CT molecular complexity index is 661. The van der Waals surface area contributed by atoms with Crippen LogP contribution in [0.1, 0.15) is 56.0 Å². The second-order valence-electron chi connectivity index (χ2n) is 9.27. The summed E-state index contributed by atoms with van der Waals surface area (Å²) in [6, 6.07) is 0.857. The molecule has 0 saturated carbocycles. The average molecular weight is 396 g/mol. The normalized spacial score (nSPS) is 18.0. The van der Waals surface area contributed by atoms with Crippen molar-refractivity contribution in [3.05, 3.63) is 17.7 Å². The van der Waals surface area contributed by atoms with E-state index in [4.69, 9.17) is 9.47 Å². The maximum absolute atomic E-state index is 12.6. The number of nitrogens with zero attached hydrogens (tertiary/aromatic N) is 3. The van der Waals surface area contributed by atoms with E-state index in [1.165, 1.54) is 0 Å². The molecular weight excluding hydrogens is 362 g/mol. The van der Waals surface area contributed by atoms with Crippen molar-refractivity contribution < 1.29 is 19.1 Å². The van der Waals surface area contributed by atoms with Crippen LogP contribution in [0.25, 0.3) is 0 Å². The Morgan fingerprint density at radius 2 is 2.07 bits per heavy atom. The highest BCUT2D eigenvalue weighted by Crippen LogP contribution is 2.33. The minimum absolute atomic E-state index is 0.200. The summed E-state index contributed by atoms with van der Waals surface area (Å²) in [5.74, 6) is 0.688. The topological polar surface area (TPSA) is 73.7 Å². The lowest BCUT2D eigenvalue weighted by Crippen LogP contribution is -2.37. The molecule has 0 spiro atoms. The number of aldehydes is 1. The lowest BCUT2D eigenvalue weighted by Gasteiger charge is -2.28. The molecule has 1 atom stereocenters. The van der Waals surface area contributed by atoms with E-state index in [2.05, 4.69) is 24.6 Å². The molecule has 0 aliphatic carbocycles. The summed E-state index contributed by atoms with van der Waals surface area (Å²) >= 11 is 0. The van der Waals surface area contributed by atoms with Crippen LogP contribution in [0.2, 0.25) is 25.7 Å². The van der Waals surface area contributed by atoms with Crippen LogP contribution in [-0.2, 0) is 16.2 Å². The van der Waals surface area contributed by atoms with Crippen LogP contribution in [0.5, 0.6) is 0 Å². The second kappa shape index (κ2) is 8.56. The van der Waals surface area contributed by atoms with E-state index in [0.717, 1.165) is 25.2 Å². The van der Waals surface area contributed by atoms with Gasteiger partial charge in [-0.2, -0.15) is 0 Å². The first-order valence-electron chi connectivity index (χ1n) is 9.60. The van der Waals surface area contributed by atoms with Gasteiger partial charge in [0.2, 0.25) is 0 Å². The molecule has 0 N–H and O–H groups in total. The number of rotatable bonds is 7. The van der Waals surface area contributed by atoms with Crippen LogP contribution >= 0.6 is 0 Å². The van der Waals surface area contributed by atoms with Crippen molar-refractivity contribution in [2.75, 3.05) is 13.2 Å². The van der Waals surface area contributed by atoms with Gasteiger partial charge in [0.25, 0.3) is 0 Å². The molecule has 1 aliphatic rings. The summed E-state index contributed by atoms with van der Waals surface area (Å²) in [6.07, 6.45) is 3.67. The van der Waals surface area contributed by atoms with Gasteiger partial charge >= 0.3 is 6.09 Å². The van der Waals surface area contributed by atoms with Gasteiger partial charge in [-0.15, -0.1) is 0 Å². The van der Waals surface area contributed by atoms with Crippen LogP contribution in [0.15, 0.2) is 6.20 Å². The van der Waals surface area contributed by atoms with Crippen LogP contribution in [-0.4, -0.2) is 53.7 Å². The van der Waals surface area contributed by atoms with E-state index in [-0.39, 0.29) is 18.9 Å². The largest absolute Gasteiger partial charge is 0.444 e. The molecule has 0 radical (unpaired) electrons. The lowest BCUT2D eigenvalue weighted by atomic mass is 10.2. The third-order valence-corrected chi connectivity index (χ3v) is 6.14. The number of ether oxygens (including phenoxy) is 2. The molecule has 1 aromatic rings. The molecule has 27 heavy (non-hydrogen) atoms. The van der Waals surface area contributed by atoms with Crippen LogP contribution in [0.4, 0.5) is 4.79 Å². The standard InChI is InChI=1S/C19H33N3O4Si/c1-19(2,3)26-18(24)21-9-7-8-16(21)17-20-12-15(13-23)22(17)14-25-10-11-27(4,5)6/h12-13,16H,7-11,14H2,1-6H3/t16-/m0/s1. The van der Waals surface area contributed by atoms with Gasteiger partial charge in [-0.1, -0.05) is 19.6 Å². The van der Waals surface area contributed by atoms with E-state index in [1.807, 2.05) is 20.8 Å². The molecule has 1 aromatic heterocycles. The Balaban J connectivity index is 2.13. The van der Waals surface area contributed by atoms with Gasteiger partial charge in [-0.05, 0) is 39.7 Å². The SMILES string of the molecule is CC(C)(C)OC(=O)N1CCC[C@H]1c1ncc(C=O)n1COCC[Si](C)(C)C. The van der Waals surface area contributed by atoms with E-state index >= 15 is 0 Å². The lowest BCUT2D eigenvalue weighted by molar-refractivity contribution is 0.0203. The molecule has 0 unspecified atom stereocenters. The zero-order valence-corrected chi connectivity index (χ0v) is 18.4. The Hall–Kier alpha value is -1.67. The molecule has 2 heterocycles. The minimum atomic E-state index is -1.18. The summed E-state index contributed by atoms with van der Waals surface area (Å²) in [5, 5.41) is 0. The zero-order chi connectivity index (χ0) is 20.2. The molecule has 7 nitrogen and oxygen atoms in total. The van der Waals surface area contributed by atoms with Gasteiger partial charge in [-0.3, -0.25) is 14.3 Å². The average Bonchev–Trinajstić information content (AvgIpc) is 3.15. The number of likely N-dealkylation sites (tertiary alicyclic amines) is 1. The first-order valence-corrected chi connectivity index (χ1v) is 13.3. The Labute approximate surface area is 163 Å². The van der Waals surface area contributed by atoms with Gasteiger partial charge < -0.3 is 9.47 Å². The Morgan fingerprint density at radius 3 is 2.67 bits per heavy atom. The van der Waals surface area contributed by atoms with Crippen molar-refractivity contribution in [1.82, 2.24) is 14.5 Å². The van der Waals surface area contributed by atoms with E-state index < -0.39 is 13.7 Å². The first-order chi connectivity index (χ1) is 12.5. The molecule has 1 aliphatic heterocycles. The minimum Gasteiger partial charge on any atom is -0.444 e. The number of imidazole rings is 1. The van der Waals surface area contributed by atoms with E-state index in [1.54, 1.807) is 15.7 Å². The van der Waals surface area contributed by atoms with Crippen molar-refractivity contribution >= 4 is 20.5 Å². The van der Waals surface area contributed by atoms with Crippen molar-refractivity contribution in [1.29, 1.82) is 0 Å². The summed E-state index contributed by atoms with van der Waals surface area (Å²) in [4.78, 5) is 30.2. The third kappa shape index (κ3) is 6.17.